The third-order valence-electron chi connectivity index (χ3n) is 8.59. The predicted molar refractivity (Wildman–Crippen MR) is 87.4 cm³/mol. The van der Waals surface area contributed by atoms with Gasteiger partial charge >= 0.3 is 0 Å². The van der Waals surface area contributed by atoms with Crippen molar-refractivity contribution in [3.63, 3.8) is 0 Å². The van der Waals surface area contributed by atoms with Crippen LogP contribution in [0.4, 0.5) is 0 Å². The zero-order valence-corrected chi connectivity index (χ0v) is 14.2. The summed E-state index contributed by atoms with van der Waals surface area (Å²) in [6, 6.07) is 0. The van der Waals surface area contributed by atoms with Crippen molar-refractivity contribution < 1.29 is 9.90 Å². The van der Waals surface area contributed by atoms with Gasteiger partial charge in [0.15, 0.2) is 0 Å². The lowest BCUT2D eigenvalue weighted by Crippen LogP contribution is -2.53. The highest BCUT2D eigenvalue weighted by molar-refractivity contribution is 5.87. The van der Waals surface area contributed by atoms with E-state index in [4.69, 9.17) is 0 Å². The first-order valence-corrected chi connectivity index (χ1v) is 9.76. The van der Waals surface area contributed by atoms with Gasteiger partial charge in [0.1, 0.15) is 5.78 Å². The van der Waals surface area contributed by atoms with Crippen LogP contribution in [0.25, 0.3) is 0 Å². The summed E-state index contributed by atoms with van der Waals surface area (Å²) in [7, 11) is 0. The molecule has 2 nitrogen and oxygen atoms in total. The van der Waals surface area contributed by atoms with Crippen LogP contribution in [-0.2, 0) is 4.79 Å². The van der Waals surface area contributed by atoms with Gasteiger partial charge < -0.3 is 5.11 Å². The van der Waals surface area contributed by atoms with E-state index in [1.54, 1.807) is 0 Å². The molecule has 22 heavy (non-hydrogen) atoms. The number of aliphatic hydroxyl groups is 1. The highest BCUT2D eigenvalue weighted by atomic mass is 16.3. The molecule has 0 radical (unpaired) electrons. The van der Waals surface area contributed by atoms with E-state index >= 15 is 0 Å². The average molecular weight is 304 g/mol. The van der Waals surface area contributed by atoms with Crippen molar-refractivity contribution in [3.8, 4) is 0 Å². The fraction of sp³-hybridized carbons (Fsp3) is 0.950. The van der Waals surface area contributed by atoms with Crippen molar-refractivity contribution in [3.05, 3.63) is 0 Å². The summed E-state index contributed by atoms with van der Waals surface area (Å²) in [5, 5.41) is 9.56. The van der Waals surface area contributed by atoms with E-state index in [9.17, 15) is 9.90 Å². The Balaban J connectivity index is 1.65. The molecule has 0 spiro atoms. The molecule has 0 heterocycles. The topological polar surface area (TPSA) is 37.3 Å². The maximum absolute atomic E-state index is 12.6. The Bertz CT molecular complexity index is 459. The second-order valence-electron chi connectivity index (χ2n) is 9.03. The third-order valence-corrected chi connectivity index (χ3v) is 8.59. The zero-order chi connectivity index (χ0) is 15.4. The van der Waals surface area contributed by atoms with Gasteiger partial charge in [0.25, 0.3) is 0 Å². The van der Waals surface area contributed by atoms with Gasteiger partial charge in [-0.05, 0) is 80.5 Å². The van der Waals surface area contributed by atoms with Gasteiger partial charge in [-0.15, -0.1) is 0 Å². The minimum atomic E-state index is -0.131. The molecule has 0 aliphatic heterocycles. The molecule has 0 aromatic carbocycles. The summed E-state index contributed by atoms with van der Waals surface area (Å²) >= 11 is 0. The Kier molecular flexibility index (Phi) is 3.67. The predicted octanol–water partition coefficient (Wildman–Crippen LogP) is 4.35. The highest BCUT2D eigenvalue weighted by Crippen LogP contribution is 2.66. The van der Waals surface area contributed by atoms with Gasteiger partial charge in [0.2, 0.25) is 0 Å². The summed E-state index contributed by atoms with van der Waals surface area (Å²) in [4.78, 5) is 12.6. The number of hydrogen-bond acceptors (Lipinski definition) is 2. The normalized spacial score (nSPS) is 51.1. The van der Waals surface area contributed by atoms with E-state index in [0.29, 0.717) is 17.1 Å². The number of fused-ring (bicyclic) bond motifs is 5. The minimum Gasteiger partial charge on any atom is -0.396 e. The van der Waals surface area contributed by atoms with Gasteiger partial charge in [-0.1, -0.05) is 19.8 Å². The summed E-state index contributed by atoms with van der Waals surface area (Å²) < 4.78 is 0. The van der Waals surface area contributed by atoms with Crippen molar-refractivity contribution in [2.24, 2.45) is 34.5 Å². The van der Waals surface area contributed by atoms with Crippen LogP contribution >= 0.6 is 0 Å². The summed E-state index contributed by atoms with van der Waals surface area (Å²) in [5.74, 6) is 3.65. The lowest BCUT2D eigenvalue weighted by molar-refractivity contribution is -0.143. The molecule has 0 saturated heterocycles. The molecule has 1 N–H and O–H groups in total. The Morgan fingerprint density at radius 3 is 2.73 bits per heavy atom. The first-order chi connectivity index (χ1) is 10.6. The molecule has 124 valence electrons. The second-order valence-corrected chi connectivity index (χ2v) is 9.03. The molecule has 0 bridgehead atoms. The molecule has 4 aliphatic rings. The number of hydrogen-bond donors (Lipinski definition) is 1. The molecule has 1 unspecified atom stereocenters. The molecule has 0 aromatic rings. The Morgan fingerprint density at radius 2 is 1.91 bits per heavy atom. The Labute approximate surface area is 135 Å². The van der Waals surface area contributed by atoms with E-state index in [2.05, 4.69) is 6.92 Å². The van der Waals surface area contributed by atoms with Crippen molar-refractivity contribution in [1.82, 2.24) is 0 Å². The van der Waals surface area contributed by atoms with Crippen LogP contribution in [-0.4, -0.2) is 17.5 Å². The molecule has 4 aliphatic carbocycles. The van der Waals surface area contributed by atoms with Crippen LogP contribution in [0.5, 0.6) is 0 Å². The SMILES string of the molecule is C[C@]12CCCCC1CC[C@H]1[C@@H]3CCC(=O)[C@@]3(CCO)CC[C@@H]12. The fourth-order valence-electron chi connectivity index (χ4n) is 7.53. The van der Waals surface area contributed by atoms with Crippen LogP contribution in [0.1, 0.15) is 77.6 Å². The maximum atomic E-state index is 12.6. The quantitative estimate of drug-likeness (QED) is 0.823. The standard InChI is InChI=1S/C20H32O2/c1-19-10-3-2-4-14(19)5-6-15-16(19)9-11-20(12-13-21)17(15)7-8-18(20)22/h14-17,21H,2-13H2,1H3/t14?,15-,16+,17+,19+,20-/m1/s1. The second kappa shape index (κ2) is 5.33. The molecule has 0 amide bonds. The molecule has 0 aromatic heterocycles. The summed E-state index contributed by atoms with van der Waals surface area (Å²) in [6.07, 6.45) is 13.4. The smallest absolute Gasteiger partial charge is 0.139 e. The van der Waals surface area contributed by atoms with E-state index in [-0.39, 0.29) is 12.0 Å². The highest BCUT2D eigenvalue weighted by Gasteiger charge is 2.60. The third kappa shape index (κ3) is 1.92. The number of aliphatic hydroxyl groups excluding tert-OH is 1. The fourth-order valence-corrected chi connectivity index (χ4v) is 7.53. The first-order valence-electron chi connectivity index (χ1n) is 9.76. The van der Waals surface area contributed by atoms with Crippen LogP contribution < -0.4 is 0 Å². The molecule has 2 heteroatoms. The number of Topliss-reactive ketones (excluding diaryl/α,β-unsaturated/α-hetero) is 1. The van der Waals surface area contributed by atoms with Gasteiger partial charge in [0.05, 0.1) is 0 Å². The van der Waals surface area contributed by atoms with Gasteiger partial charge in [-0.3, -0.25) is 4.79 Å². The molecule has 4 rings (SSSR count). The van der Waals surface area contributed by atoms with Crippen molar-refractivity contribution in [1.29, 1.82) is 0 Å². The molecule has 4 saturated carbocycles. The van der Waals surface area contributed by atoms with Gasteiger partial charge in [-0.2, -0.15) is 0 Å². The largest absolute Gasteiger partial charge is 0.396 e. The van der Waals surface area contributed by atoms with Crippen LogP contribution in [0.2, 0.25) is 0 Å². The van der Waals surface area contributed by atoms with E-state index in [1.807, 2.05) is 0 Å². The molecule has 4 fully saturated rings. The number of ketones is 1. The van der Waals surface area contributed by atoms with Gasteiger partial charge in [0, 0.05) is 18.4 Å². The van der Waals surface area contributed by atoms with Crippen molar-refractivity contribution in [2.45, 2.75) is 77.6 Å². The first kappa shape index (κ1) is 15.2. The van der Waals surface area contributed by atoms with E-state index < -0.39 is 0 Å². The van der Waals surface area contributed by atoms with Gasteiger partial charge in [-0.25, -0.2) is 0 Å². The number of carbonyl (C=O) groups excluding carboxylic acids is 1. The maximum Gasteiger partial charge on any atom is 0.139 e. The van der Waals surface area contributed by atoms with E-state index in [0.717, 1.165) is 43.4 Å². The molecular formula is C20H32O2. The number of rotatable bonds is 2. The van der Waals surface area contributed by atoms with Crippen molar-refractivity contribution >= 4 is 5.78 Å². The molecule has 6 atom stereocenters. The lowest BCUT2D eigenvalue weighted by atomic mass is 9.45. The molecular weight excluding hydrogens is 272 g/mol. The Hall–Kier alpha value is -0.370. The summed E-state index contributed by atoms with van der Waals surface area (Å²) in [5.41, 5.74) is 0.423. The summed E-state index contributed by atoms with van der Waals surface area (Å²) in [6.45, 7) is 2.78. The lowest BCUT2D eigenvalue weighted by Gasteiger charge is -2.60. The Morgan fingerprint density at radius 1 is 1.05 bits per heavy atom. The van der Waals surface area contributed by atoms with Crippen LogP contribution in [0.3, 0.4) is 0 Å². The van der Waals surface area contributed by atoms with Crippen LogP contribution in [0, 0.1) is 34.5 Å². The van der Waals surface area contributed by atoms with Crippen molar-refractivity contribution in [2.75, 3.05) is 6.61 Å². The van der Waals surface area contributed by atoms with Crippen LogP contribution in [0.15, 0.2) is 0 Å². The average Bonchev–Trinajstić information content (AvgIpc) is 2.84. The zero-order valence-electron chi connectivity index (χ0n) is 14.2. The monoisotopic (exact) mass is 304 g/mol. The minimum absolute atomic E-state index is 0.131. The number of carbonyl (C=O) groups is 1. The van der Waals surface area contributed by atoms with E-state index in [1.165, 1.54) is 44.9 Å².